The highest BCUT2D eigenvalue weighted by molar-refractivity contribution is 5.50. The lowest BCUT2D eigenvalue weighted by molar-refractivity contribution is 0.142. The third-order valence-corrected chi connectivity index (χ3v) is 4.97. The zero-order chi connectivity index (χ0) is 14.9. The summed E-state index contributed by atoms with van der Waals surface area (Å²) in [6.07, 6.45) is 3.76. The van der Waals surface area contributed by atoms with E-state index in [0.29, 0.717) is 11.5 Å². The normalized spacial score (nSPS) is 27.7. The summed E-state index contributed by atoms with van der Waals surface area (Å²) in [7, 11) is 0. The molecule has 1 aliphatic carbocycles. The molecule has 108 valence electrons. The highest BCUT2D eigenvalue weighted by Gasteiger charge is 2.45. The summed E-state index contributed by atoms with van der Waals surface area (Å²) >= 11 is 0. The fourth-order valence-corrected chi connectivity index (χ4v) is 3.52. The van der Waals surface area contributed by atoms with Gasteiger partial charge in [-0.2, -0.15) is 10.5 Å². The van der Waals surface area contributed by atoms with Crippen molar-refractivity contribution >= 4 is 5.69 Å². The fraction of sp³-hybridized carbons (Fsp3) is 0.529. The molecule has 4 nitrogen and oxygen atoms in total. The summed E-state index contributed by atoms with van der Waals surface area (Å²) < 4.78 is 0. The Labute approximate surface area is 125 Å². The van der Waals surface area contributed by atoms with Gasteiger partial charge in [0.2, 0.25) is 0 Å². The van der Waals surface area contributed by atoms with Crippen molar-refractivity contribution in [2.45, 2.75) is 37.6 Å². The quantitative estimate of drug-likeness (QED) is 0.892. The van der Waals surface area contributed by atoms with Gasteiger partial charge in [0, 0.05) is 18.3 Å². The topological polar surface area (TPSA) is 71.6 Å². The molecule has 2 aliphatic rings. The Kier molecular flexibility index (Phi) is 3.35. The zero-order valence-corrected chi connectivity index (χ0v) is 12.3. The number of nitrogens with one attached hydrogen (secondary N) is 2. The molecule has 0 amide bonds. The molecule has 0 radical (unpaired) electrons. The van der Waals surface area contributed by atoms with E-state index in [1.165, 1.54) is 19.3 Å². The minimum Gasteiger partial charge on any atom is -0.382 e. The van der Waals surface area contributed by atoms with Crippen LogP contribution in [0.5, 0.6) is 0 Å². The average molecular weight is 280 g/mol. The maximum atomic E-state index is 9.12. The van der Waals surface area contributed by atoms with Gasteiger partial charge >= 0.3 is 0 Å². The number of hydrogen-bond donors (Lipinski definition) is 2. The number of benzene rings is 1. The van der Waals surface area contributed by atoms with Crippen LogP contribution in [0.25, 0.3) is 0 Å². The molecule has 21 heavy (non-hydrogen) atoms. The standard InChI is InChI=1S/C17H20N4/c1-16(10-18,11-19)13-2-4-14(5-3-13)21-15-8-17(9-15)6-7-20-12-17/h2-5,15,20-21H,6-9,12H2,1H3. The molecular formula is C17H20N4. The smallest absolute Gasteiger partial charge is 0.165 e. The highest BCUT2D eigenvalue weighted by atomic mass is 15.0. The summed E-state index contributed by atoms with van der Waals surface area (Å²) in [6.45, 7) is 3.97. The van der Waals surface area contributed by atoms with Gasteiger partial charge in [-0.1, -0.05) is 12.1 Å². The minimum atomic E-state index is -1.06. The Balaban J connectivity index is 1.61. The van der Waals surface area contributed by atoms with Crippen LogP contribution < -0.4 is 10.6 Å². The first-order valence-corrected chi connectivity index (χ1v) is 7.50. The molecule has 0 bridgehead atoms. The molecule has 3 rings (SSSR count). The van der Waals surface area contributed by atoms with Crippen molar-refractivity contribution in [3.63, 3.8) is 0 Å². The van der Waals surface area contributed by atoms with E-state index in [2.05, 4.69) is 22.8 Å². The second-order valence-electron chi connectivity index (χ2n) is 6.60. The van der Waals surface area contributed by atoms with Crippen LogP contribution in [0.3, 0.4) is 0 Å². The molecule has 0 aromatic heterocycles. The van der Waals surface area contributed by atoms with E-state index in [1.54, 1.807) is 6.92 Å². The van der Waals surface area contributed by atoms with Crippen molar-refractivity contribution < 1.29 is 0 Å². The lowest BCUT2D eigenvalue weighted by atomic mass is 9.65. The van der Waals surface area contributed by atoms with Gasteiger partial charge in [0.1, 0.15) is 0 Å². The predicted molar refractivity (Wildman–Crippen MR) is 81.6 cm³/mol. The summed E-state index contributed by atoms with van der Waals surface area (Å²) in [6, 6.07) is 12.4. The van der Waals surface area contributed by atoms with Gasteiger partial charge in [-0.15, -0.1) is 0 Å². The van der Waals surface area contributed by atoms with Crippen LogP contribution >= 0.6 is 0 Å². The minimum absolute atomic E-state index is 0.539. The van der Waals surface area contributed by atoms with Gasteiger partial charge in [0.25, 0.3) is 0 Å². The zero-order valence-electron chi connectivity index (χ0n) is 12.3. The van der Waals surface area contributed by atoms with Gasteiger partial charge in [0.05, 0.1) is 12.1 Å². The molecule has 0 unspecified atom stereocenters. The van der Waals surface area contributed by atoms with Gasteiger partial charge in [-0.3, -0.25) is 0 Å². The number of nitrogens with zero attached hydrogens (tertiary/aromatic N) is 2. The molecule has 1 saturated carbocycles. The van der Waals surface area contributed by atoms with Crippen molar-refractivity contribution in [2.75, 3.05) is 18.4 Å². The number of nitriles is 2. The number of anilines is 1. The summed E-state index contributed by atoms with van der Waals surface area (Å²) in [5.74, 6) is 0. The molecule has 1 saturated heterocycles. The highest BCUT2D eigenvalue weighted by Crippen LogP contribution is 2.46. The van der Waals surface area contributed by atoms with Crippen molar-refractivity contribution in [3.05, 3.63) is 29.8 Å². The molecule has 4 heteroatoms. The van der Waals surface area contributed by atoms with Crippen LogP contribution in [0.4, 0.5) is 5.69 Å². The van der Waals surface area contributed by atoms with Crippen LogP contribution in [-0.2, 0) is 5.41 Å². The van der Waals surface area contributed by atoms with Gasteiger partial charge in [-0.05, 0) is 55.8 Å². The summed E-state index contributed by atoms with van der Waals surface area (Å²) in [5, 5.41) is 25.2. The summed E-state index contributed by atoms with van der Waals surface area (Å²) in [4.78, 5) is 0. The Morgan fingerprint density at radius 1 is 1.24 bits per heavy atom. The second kappa shape index (κ2) is 5.06. The van der Waals surface area contributed by atoms with E-state index < -0.39 is 5.41 Å². The molecule has 2 N–H and O–H groups in total. The Morgan fingerprint density at radius 3 is 2.43 bits per heavy atom. The van der Waals surface area contributed by atoms with Crippen LogP contribution in [0.1, 0.15) is 31.7 Å². The first-order valence-electron chi connectivity index (χ1n) is 7.50. The lowest BCUT2D eigenvalue weighted by Crippen LogP contribution is -2.46. The molecule has 1 spiro atoms. The summed E-state index contributed by atoms with van der Waals surface area (Å²) in [5.41, 5.74) is 1.30. The van der Waals surface area contributed by atoms with Crippen LogP contribution in [-0.4, -0.2) is 19.1 Å². The molecule has 1 heterocycles. The Hall–Kier alpha value is -2.04. The van der Waals surface area contributed by atoms with E-state index in [-0.39, 0.29) is 0 Å². The molecule has 1 aromatic rings. The van der Waals surface area contributed by atoms with Crippen molar-refractivity contribution in [1.82, 2.24) is 5.32 Å². The first-order chi connectivity index (χ1) is 10.1. The molecule has 1 aliphatic heterocycles. The van der Waals surface area contributed by atoms with E-state index in [0.717, 1.165) is 24.3 Å². The SMILES string of the molecule is CC(C#N)(C#N)c1ccc(NC2CC3(CCNC3)C2)cc1. The monoisotopic (exact) mass is 280 g/mol. The van der Waals surface area contributed by atoms with E-state index in [4.69, 9.17) is 10.5 Å². The first kappa shape index (κ1) is 13.9. The van der Waals surface area contributed by atoms with Gasteiger partial charge in [-0.25, -0.2) is 0 Å². The van der Waals surface area contributed by atoms with E-state index in [1.807, 2.05) is 24.3 Å². The van der Waals surface area contributed by atoms with Gasteiger partial charge < -0.3 is 10.6 Å². The van der Waals surface area contributed by atoms with Crippen LogP contribution in [0, 0.1) is 28.1 Å². The molecule has 0 atom stereocenters. The third-order valence-electron chi connectivity index (χ3n) is 4.97. The van der Waals surface area contributed by atoms with Crippen LogP contribution in [0.2, 0.25) is 0 Å². The lowest BCUT2D eigenvalue weighted by Gasteiger charge is -2.45. The Bertz CT molecular complexity index is 577. The van der Waals surface area contributed by atoms with Crippen molar-refractivity contribution in [3.8, 4) is 12.1 Å². The largest absolute Gasteiger partial charge is 0.382 e. The maximum absolute atomic E-state index is 9.12. The van der Waals surface area contributed by atoms with Crippen molar-refractivity contribution in [2.24, 2.45) is 5.41 Å². The number of hydrogen-bond acceptors (Lipinski definition) is 4. The molecule has 1 aromatic carbocycles. The maximum Gasteiger partial charge on any atom is 0.165 e. The third kappa shape index (κ3) is 2.48. The van der Waals surface area contributed by atoms with Crippen molar-refractivity contribution in [1.29, 1.82) is 10.5 Å². The second-order valence-corrected chi connectivity index (χ2v) is 6.60. The number of rotatable bonds is 3. The molecule has 2 fully saturated rings. The predicted octanol–water partition coefficient (Wildman–Crippen LogP) is 2.55. The van der Waals surface area contributed by atoms with Gasteiger partial charge in [0.15, 0.2) is 5.41 Å². The van der Waals surface area contributed by atoms with Crippen LogP contribution in [0.15, 0.2) is 24.3 Å². The van der Waals surface area contributed by atoms with E-state index >= 15 is 0 Å². The Morgan fingerprint density at radius 2 is 1.90 bits per heavy atom. The molecular weight excluding hydrogens is 260 g/mol. The average Bonchev–Trinajstić information content (AvgIpc) is 2.96. The van der Waals surface area contributed by atoms with E-state index in [9.17, 15) is 0 Å². The fourth-order valence-electron chi connectivity index (χ4n) is 3.52.